The van der Waals surface area contributed by atoms with Crippen molar-refractivity contribution in [2.75, 3.05) is 36.2 Å². The molecule has 44 heavy (non-hydrogen) atoms. The zero-order chi connectivity index (χ0) is 30.6. The maximum absolute atomic E-state index is 14.1. The van der Waals surface area contributed by atoms with Crippen LogP contribution in [0.5, 0.6) is 0 Å². The Hall–Kier alpha value is -5.48. The predicted octanol–water partition coefficient (Wildman–Crippen LogP) is 6.04. The van der Waals surface area contributed by atoms with Crippen molar-refractivity contribution in [3.63, 3.8) is 0 Å². The molecule has 0 fully saturated rings. The van der Waals surface area contributed by atoms with E-state index in [2.05, 4.69) is 26.3 Å². The molecular formula is C34H34N8O2. The summed E-state index contributed by atoms with van der Waals surface area (Å²) >= 11 is 0. The van der Waals surface area contributed by atoms with Crippen LogP contribution in [-0.4, -0.2) is 56.9 Å². The molecule has 0 saturated carbocycles. The number of fused-ring (bicyclic) bond motifs is 2. The lowest BCUT2D eigenvalue weighted by Crippen LogP contribution is -2.45. The Balaban J connectivity index is 1.33. The minimum atomic E-state index is -0.246. The van der Waals surface area contributed by atoms with Gasteiger partial charge in [0, 0.05) is 66.4 Å². The molecule has 6 rings (SSSR count). The third-order valence-electron chi connectivity index (χ3n) is 7.35. The van der Waals surface area contributed by atoms with Gasteiger partial charge in [-0.2, -0.15) is 4.98 Å². The first kappa shape index (κ1) is 28.6. The van der Waals surface area contributed by atoms with Gasteiger partial charge in [0.1, 0.15) is 0 Å². The van der Waals surface area contributed by atoms with Crippen LogP contribution in [0.25, 0.3) is 10.9 Å². The summed E-state index contributed by atoms with van der Waals surface area (Å²) < 4.78 is 2.07. The molecule has 0 bridgehead atoms. The van der Waals surface area contributed by atoms with E-state index in [1.807, 2.05) is 92.9 Å². The number of hydrogen-bond acceptors (Lipinski definition) is 6. The van der Waals surface area contributed by atoms with Gasteiger partial charge in [0.15, 0.2) is 5.82 Å². The Kier molecular flexibility index (Phi) is 8.07. The zero-order valence-electron chi connectivity index (χ0n) is 24.9. The Labute approximate surface area is 256 Å². The number of nitrogens with zero attached hydrogens (tertiary/aromatic N) is 6. The number of benzene rings is 3. The van der Waals surface area contributed by atoms with Gasteiger partial charge in [-0.25, -0.2) is 14.7 Å². The van der Waals surface area contributed by atoms with Gasteiger partial charge in [0.2, 0.25) is 11.9 Å². The maximum atomic E-state index is 14.1. The highest BCUT2D eigenvalue weighted by molar-refractivity contribution is 6.03. The number of nitrogens with one attached hydrogen (secondary N) is 2. The molecule has 10 heteroatoms. The third-order valence-corrected chi connectivity index (χ3v) is 7.35. The van der Waals surface area contributed by atoms with Crippen molar-refractivity contribution in [2.24, 2.45) is 7.05 Å². The first-order chi connectivity index (χ1) is 21.3. The van der Waals surface area contributed by atoms with Crippen LogP contribution >= 0.6 is 0 Å². The van der Waals surface area contributed by atoms with Crippen LogP contribution in [0.2, 0.25) is 0 Å². The molecular weight excluding hydrogens is 552 g/mol. The van der Waals surface area contributed by atoms with Gasteiger partial charge >= 0.3 is 6.03 Å². The Bertz CT molecular complexity index is 1850. The van der Waals surface area contributed by atoms with Crippen LogP contribution in [0.4, 0.5) is 33.6 Å². The first-order valence-corrected chi connectivity index (χ1v) is 14.4. The average Bonchev–Trinajstić information content (AvgIpc) is 3.38. The van der Waals surface area contributed by atoms with Crippen LogP contribution < -0.4 is 15.5 Å². The van der Waals surface area contributed by atoms with E-state index >= 15 is 0 Å². The molecule has 3 heterocycles. The maximum Gasteiger partial charge on any atom is 0.330 e. The van der Waals surface area contributed by atoms with E-state index < -0.39 is 0 Å². The van der Waals surface area contributed by atoms with Crippen molar-refractivity contribution < 1.29 is 9.59 Å². The van der Waals surface area contributed by atoms with Gasteiger partial charge < -0.3 is 25.0 Å². The molecule has 2 aromatic heterocycles. The van der Waals surface area contributed by atoms with Crippen molar-refractivity contribution in [3.05, 3.63) is 115 Å². The van der Waals surface area contributed by atoms with E-state index in [-0.39, 0.29) is 11.9 Å². The van der Waals surface area contributed by atoms with Crippen LogP contribution in [0.15, 0.2) is 103 Å². The number of rotatable bonds is 9. The molecule has 2 N–H and O–H groups in total. The van der Waals surface area contributed by atoms with Crippen LogP contribution in [0, 0.1) is 0 Å². The number of amides is 3. The van der Waals surface area contributed by atoms with Crippen LogP contribution in [0.3, 0.4) is 0 Å². The third kappa shape index (κ3) is 6.30. The fourth-order valence-corrected chi connectivity index (χ4v) is 5.19. The number of aryl methyl sites for hydroxylation is 1. The summed E-state index contributed by atoms with van der Waals surface area (Å²) in [6, 6.07) is 25.0. The van der Waals surface area contributed by atoms with E-state index in [0.29, 0.717) is 42.8 Å². The highest BCUT2D eigenvalue weighted by Crippen LogP contribution is 2.36. The molecule has 0 atom stereocenters. The number of aromatic nitrogens is 3. The number of carbonyl (C=O) groups is 2. The van der Waals surface area contributed by atoms with Gasteiger partial charge in [-0.05, 0) is 62.1 Å². The van der Waals surface area contributed by atoms with Gasteiger partial charge in [0.25, 0.3) is 0 Å². The Morgan fingerprint density at radius 2 is 1.84 bits per heavy atom. The molecule has 1 aliphatic heterocycles. The van der Waals surface area contributed by atoms with Crippen molar-refractivity contribution in [3.8, 4) is 0 Å². The highest BCUT2D eigenvalue weighted by Gasteiger charge is 2.33. The number of likely N-dealkylation sites (N-methyl/N-ethyl adjacent to an activating group) is 1. The van der Waals surface area contributed by atoms with E-state index in [4.69, 9.17) is 4.98 Å². The average molecular weight is 587 g/mol. The van der Waals surface area contributed by atoms with Gasteiger partial charge in [-0.15, -0.1) is 0 Å². The SMILES string of the molecule is CN(C)C/C=C/C(=O)Nc1cccc(N2C(=O)N(Cc3ccccc3)Cc3cnc(Nc4ccc5c(ccn5C)c4)nc32)c1. The lowest BCUT2D eigenvalue weighted by Gasteiger charge is -2.36. The summed E-state index contributed by atoms with van der Waals surface area (Å²) in [4.78, 5) is 41.5. The quantitative estimate of drug-likeness (QED) is 0.204. The van der Waals surface area contributed by atoms with Crippen molar-refractivity contribution in [1.29, 1.82) is 0 Å². The molecule has 222 valence electrons. The number of hydrogen-bond donors (Lipinski definition) is 2. The summed E-state index contributed by atoms with van der Waals surface area (Å²) in [5.74, 6) is 0.625. The molecule has 0 radical (unpaired) electrons. The second kappa shape index (κ2) is 12.4. The molecule has 0 unspecified atom stereocenters. The number of urea groups is 1. The topological polar surface area (TPSA) is 98.6 Å². The van der Waals surface area contributed by atoms with Gasteiger partial charge in [-0.3, -0.25) is 4.79 Å². The monoisotopic (exact) mass is 586 g/mol. The second-order valence-electron chi connectivity index (χ2n) is 11.0. The van der Waals surface area contributed by atoms with Gasteiger partial charge in [0.05, 0.1) is 12.2 Å². The molecule has 0 saturated heterocycles. The lowest BCUT2D eigenvalue weighted by atomic mass is 10.1. The molecule has 3 aromatic carbocycles. The van der Waals surface area contributed by atoms with E-state index in [9.17, 15) is 9.59 Å². The summed E-state index contributed by atoms with van der Waals surface area (Å²) in [5, 5.41) is 7.31. The summed E-state index contributed by atoms with van der Waals surface area (Å²) in [6.45, 7) is 1.45. The van der Waals surface area contributed by atoms with E-state index in [1.165, 1.54) is 6.08 Å². The minimum Gasteiger partial charge on any atom is -0.351 e. The standard InChI is InChI=1S/C34H34N8O2/c1-39(2)17-8-13-31(43)36-27-11-7-12-29(20-27)42-32-26(23-41(34(42)44)22-24-9-5-4-6-10-24)21-35-33(38-32)37-28-14-15-30-25(19-28)16-18-40(30)3/h4-16,18-21H,17,22-23H2,1-3H3,(H,36,43)(H,35,37,38)/b13-8+. The summed E-state index contributed by atoms with van der Waals surface area (Å²) in [7, 11) is 5.89. The molecule has 0 spiro atoms. The second-order valence-corrected chi connectivity index (χ2v) is 11.0. The number of anilines is 5. The fourth-order valence-electron chi connectivity index (χ4n) is 5.19. The van der Waals surface area contributed by atoms with E-state index in [0.717, 1.165) is 27.7 Å². The molecule has 3 amide bonds. The fraction of sp³-hybridized carbons (Fsp3) is 0.176. The summed E-state index contributed by atoms with van der Waals surface area (Å²) in [5.41, 5.74) is 4.95. The van der Waals surface area contributed by atoms with E-state index in [1.54, 1.807) is 34.2 Å². The molecule has 10 nitrogen and oxygen atoms in total. The summed E-state index contributed by atoms with van der Waals surface area (Å²) in [6.07, 6.45) is 7.09. The first-order valence-electron chi connectivity index (χ1n) is 14.4. The predicted molar refractivity (Wildman–Crippen MR) is 174 cm³/mol. The molecule has 0 aliphatic carbocycles. The zero-order valence-corrected chi connectivity index (χ0v) is 24.9. The van der Waals surface area contributed by atoms with Crippen molar-refractivity contribution >= 4 is 51.7 Å². The normalized spacial score (nSPS) is 13.1. The van der Waals surface area contributed by atoms with Crippen molar-refractivity contribution in [1.82, 2.24) is 24.3 Å². The molecule has 1 aliphatic rings. The van der Waals surface area contributed by atoms with Crippen molar-refractivity contribution in [2.45, 2.75) is 13.1 Å². The smallest absolute Gasteiger partial charge is 0.330 e. The van der Waals surface area contributed by atoms with Crippen LogP contribution in [0.1, 0.15) is 11.1 Å². The highest BCUT2D eigenvalue weighted by atomic mass is 16.2. The lowest BCUT2D eigenvalue weighted by molar-refractivity contribution is -0.111. The van der Waals surface area contributed by atoms with Crippen LogP contribution in [-0.2, 0) is 24.9 Å². The Morgan fingerprint density at radius 1 is 1.00 bits per heavy atom. The Morgan fingerprint density at radius 3 is 2.66 bits per heavy atom. The molecule has 5 aromatic rings. The largest absolute Gasteiger partial charge is 0.351 e. The minimum absolute atomic E-state index is 0.217. The van der Waals surface area contributed by atoms with Gasteiger partial charge in [-0.1, -0.05) is 42.5 Å². The number of carbonyl (C=O) groups excluding carboxylic acids is 2.